The number of para-hydroxylation sites is 1. The zero-order chi connectivity index (χ0) is 22.1. The summed E-state index contributed by atoms with van der Waals surface area (Å²) in [7, 11) is -4.91. The number of anilines is 1. The molecule has 2 aromatic carbocycles. The van der Waals surface area contributed by atoms with Crippen LogP contribution in [0.15, 0.2) is 41.3 Å². The maximum atomic E-state index is 12.8. The Morgan fingerprint density at radius 3 is 2.27 bits per heavy atom. The third-order valence-corrected chi connectivity index (χ3v) is 6.56. The monoisotopic (exact) mass is 440 g/mol. The van der Waals surface area contributed by atoms with Gasteiger partial charge in [0.15, 0.2) is 0 Å². The number of benzene rings is 2. The lowest BCUT2D eigenvalue weighted by Crippen LogP contribution is -2.38. The number of ether oxygens (including phenoxy) is 1. The number of hydrogen-bond donors (Lipinski definition) is 0. The van der Waals surface area contributed by atoms with Gasteiger partial charge in [0, 0.05) is 32.0 Å². The predicted octanol–water partition coefficient (Wildman–Crippen LogP) is 4.26. The standard InChI is InChI=1S/C20H22F2N2O5S/c1-13-4-3-5-14(2)19(13)29-15-8-10-23(11-9-15)17-7-6-16(12-18(17)24(25)26)30(27,28)20(21)22/h3-7,12,15,20H,8-11H2,1-2H3. The fraction of sp³-hybridized carbons (Fsp3) is 0.400. The normalized spacial score (nSPS) is 15.4. The maximum Gasteiger partial charge on any atom is 0.341 e. The van der Waals surface area contributed by atoms with E-state index in [1.54, 1.807) is 4.90 Å². The van der Waals surface area contributed by atoms with Crippen LogP contribution >= 0.6 is 0 Å². The van der Waals surface area contributed by atoms with Crippen molar-refractivity contribution >= 4 is 21.2 Å². The van der Waals surface area contributed by atoms with Crippen LogP contribution in [0.3, 0.4) is 0 Å². The lowest BCUT2D eigenvalue weighted by atomic mass is 10.1. The van der Waals surface area contributed by atoms with E-state index in [0.717, 1.165) is 22.9 Å². The van der Waals surface area contributed by atoms with Crippen molar-refractivity contribution in [1.29, 1.82) is 0 Å². The van der Waals surface area contributed by atoms with Crippen molar-refractivity contribution in [2.24, 2.45) is 0 Å². The highest BCUT2D eigenvalue weighted by molar-refractivity contribution is 7.91. The number of aryl methyl sites for hydroxylation is 2. The molecular weight excluding hydrogens is 418 g/mol. The first-order valence-electron chi connectivity index (χ1n) is 9.39. The smallest absolute Gasteiger partial charge is 0.341 e. The van der Waals surface area contributed by atoms with Crippen LogP contribution in [0.4, 0.5) is 20.2 Å². The number of piperidine rings is 1. The first kappa shape index (κ1) is 21.9. The molecule has 1 fully saturated rings. The fourth-order valence-corrected chi connectivity index (χ4v) is 4.30. The number of halogens is 2. The van der Waals surface area contributed by atoms with E-state index in [1.165, 1.54) is 6.07 Å². The summed E-state index contributed by atoms with van der Waals surface area (Å²) in [6.07, 6.45) is 1.17. The van der Waals surface area contributed by atoms with E-state index < -0.39 is 31.1 Å². The summed E-state index contributed by atoms with van der Waals surface area (Å²) in [5, 5.41) is 11.5. The van der Waals surface area contributed by atoms with Crippen molar-refractivity contribution in [1.82, 2.24) is 0 Å². The minimum Gasteiger partial charge on any atom is -0.490 e. The molecule has 7 nitrogen and oxygen atoms in total. The molecule has 30 heavy (non-hydrogen) atoms. The number of hydrogen-bond acceptors (Lipinski definition) is 6. The Labute approximate surface area is 173 Å². The number of nitrogens with zero attached hydrogens (tertiary/aromatic N) is 2. The minimum atomic E-state index is -4.91. The molecule has 0 bridgehead atoms. The van der Waals surface area contributed by atoms with E-state index >= 15 is 0 Å². The van der Waals surface area contributed by atoms with Crippen LogP contribution in [0.5, 0.6) is 5.75 Å². The number of nitro benzene ring substituents is 1. The van der Waals surface area contributed by atoms with Gasteiger partial charge in [-0.2, -0.15) is 8.78 Å². The molecule has 1 heterocycles. The minimum absolute atomic E-state index is 0.0569. The van der Waals surface area contributed by atoms with E-state index in [1.807, 2.05) is 32.0 Å². The van der Waals surface area contributed by atoms with Gasteiger partial charge in [-0.05, 0) is 37.1 Å². The molecule has 0 N–H and O–H groups in total. The topological polar surface area (TPSA) is 89.8 Å². The van der Waals surface area contributed by atoms with E-state index in [4.69, 9.17) is 4.74 Å². The summed E-state index contributed by atoms with van der Waals surface area (Å²) in [5.41, 5.74) is 1.76. The van der Waals surface area contributed by atoms with Gasteiger partial charge in [0.2, 0.25) is 9.84 Å². The summed E-state index contributed by atoms with van der Waals surface area (Å²) in [6, 6.07) is 8.81. The van der Waals surface area contributed by atoms with Gasteiger partial charge in [-0.3, -0.25) is 10.1 Å². The Morgan fingerprint density at radius 2 is 1.73 bits per heavy atom. The average molecular weight is 440 g/mol. The van der Waals surface area contributed by atoms with Gasteiger partial charge >= 0.3 is 5.76 Å². The van der Waals surface area contributed by atoms with Gasteiger partial charge < -0.3 is 9.64 Å². The molecule has 0 aliphatic carbocycles. The van der Waals surface area contributed by atoms with E-state index in [9.17, 15) is 27.3 Å². The number of rotatable bonds is 6. The summed E-state index contributed by atoms with van der Waals surface area (Å²) in [6.45, 7) is 4.85. The third-order valence-electron chi connectivity index (χ3n) is 5.18. The van der Waals surface area contributed by atoms with E-state index in [2.05, 4.69) is 0 Å². The van der Waals surface area contributed by atoms with Crippen LogP contribution in [0.1, 0.15) is 24.0 Å². The molecule has 1 saturated heterocycles. The fourth-order valence-electron chi connectivity index (χ4n) is 3.56. The van der Waals surface area contributed by atoms with Crippen molar-refractivity contribution < 1.29 is 26.9 Å². The molecule has 3 rings (SSSR count). The highest BCUT2D eigenvalue weighted by atomic mass is 32.2. The van der Waals surface area contributed by atoms with Crippen molar-refractivity contribution in [2.75, 3.05) is 18.0 Å². The largest absolute Gasteiger partial charge is 0.490 e. The van der Waals surface area contributed by atoms with Crippen LogP contribution in [0, 0.1) is 24.0 Å². The predicted molar refractivity (Wildman–Crippen MR) is 108 cm³/mol. The van der Waals surface area contributed by atoms with Gasteiger partial charge in [0.25, 0.3) is 5.69 Å². The molecule has 0 unspecified atom stereocenters. The number of alkyl halides is 2. The van der Waals surface area contributed by atoms with Gasteiger partial charge in [0.1, 0.15) is 17.5 Å². The van der Waals surface area contributed by atoms with Crippen LogP contribution in [0.25, 0.3) is 0 Å². The first-order valence-corrected chi connectivity index (χ1v) is 10.9. The number of nitro groups is 1. The lowest BCUT2D eigenvalue weighted by molar-refractivity contribution is -0.384. The zero-order valence-corrected chi connectivity index (χ0v) is 17.4. The Hall–Kier alpha value is -2.75. The molecule has 0 atom stereocenters. The Kier molecular flexibility index (Phi) is 6.25. The van der Waals surface area contributed by atoms with Gasteiger partial charge in [-0.15, -0.1) is 0 Å². The van der Waals surface area contributed by atoms with Crippen molar-refractivity contribution in [2.45, 2.75) is 43.4 Å². The molecule has 10 heteroatoms. The summed E-state index contributed by atoms with van der Waals surface area (Å²) < 4.78 is 55.0. The second-order valence-corrected chi connectivity index (χ2v) is 9.16. The molecule has 0 aromatic heterocycles. The lowest BCUT2D eigenvalue weighted by Gasteiger charge is -2.34. The van der Waals surface area contributed by atoms with Crippen LogP contribution in [-0.4, -0.2) is 38.3 Å². The Morgan fingerprint density at radius 1 is 1.13 bits per heavy atom. The maximum absolute atomic E-state index is 12.8. The van der Waals surface area contributed by atoms with Crippen molar-refractivity contribution in [3.05, 3.63) is 57.6 Å². The quantitative estimate of drug-likeness (QED) is 0.493. The second-order valence-electron chi connectivity index (χ2n) is 7.24. The Balaban J connectivity index is 1.77. The van der Waals surface area contributed by atoms with Crippen LogP contribution < -0.4 is 9.64 Å². The summed E-state index contributed by atoms with van der Waals surface area (Å²) in [5.74, 6) is -2.80. The van der Waals surface area contributed by atoms with Crippen LogP contribution in [-0.2, 0) is 9.84 Å². The molecule has 2 aromatic rings. The molecule has 0 radical (unpaired) electrons. The van der Waals surface area contributed by atoms with Gasteiger partial charge in [-0.1, -0.05) is 18.2 Å². The molecule has 0 saturated carbocycles. The van der Waals surface area contributed by atoms with Gasteiger partial charge in [-0.25, -0.2) is 8.42 Å². The zero-order valence-electron chi connectivity index (χ0n) is 16.5. The van der Waals surface area contributed by atoms with E-state index in [0.29, 0.717) is 32.0 Å². The highest BCUT2D eigenvalue weighted by Crippen LogP contribution is 2.35. The van der Waals surface area contributed by atoms with Crippen molar-refractivity contribution in [3.8, 4) is 5.75 Å². The first-order chi connectivity index (χ1) is 14.1. The summed E-state index contributed by atoms with van der Waals surface area (Å²) >= 11 is 0. The highest BCUT2D eigenvalue weighted by Gasteiger charge is 2.31. The summed E-state index contributed by atoms with van der Waals surface area (Å²) in [4.78, 5) is 11.7. The molecule has 1 aliphatic heterocycles. The molecule has 1 aliphatic rings. The number of sulfone groups is 1. The molecule has 0 amide bonds. The molecule has 0 spiro atoms. The van der Waals surface area contributed by atoms with E-state index in [-0.39, 0.29) is 11.8 Å². The third kappa shape index (κ3) is 4.38. The second kappa shape index (κ2) is 8.55. The van der Waals surface area contributed by atoms with Crippen LogP contribution in [0.2, 0.25) is 0 Å². The Bertz CT molecular complexity index is 1030. The average Bonchev–Trinajstić information content (AvgIpc) is 2.70. The molecule has 162 valence electrons. The van der Waals surface area contributed by atoms with Gasteiger partial charge in [0.05, 0.1) is 9.82 Å². The van der Waals surface area contributed by atoms with Crippen molar-refractivity contribution in [3.63, 3.8) is 0 Å². The molecular formula is C20H22F2N2O5S. The SMILES string of the molecule is Cc1cccc(C)c1OC1CCN(c2ccc(S(=O)(=O)C(F)F)cc2[N+](=O)[O-])CC1.